The fourth-order valence-corrected chi connectivity index (χ4v) is 3.68. The third-order valence-electron chi connectivity index (χ3n) is 4.78. The van der Waals surface area contributed by atoms with Crippen molar-refractivity contribution in [3.05, 3.63) is 29.5 Å². The molecule has 4 nitrogen and oxygen atoms in total. The summed E-state index contributed by atoms with van der Waals surface area (Å²) in [5.74, 6) is 0.930. The summed E-state index contributed by atoms with van der Waals surface area (Å²) in [5.41, 5.74) is 4.12. The third kappa shape index (κ3) is 1.68. The summed E-state index contributed by atoms with van der Waals surface area (Å²) in [6.07, 6.45) is 3.17. The highest BCUT2D eigenvalue weighted by molar-refractivity contribution is 5.86. The molecule has 0 amide bonds. The zero-order valence-corrected chi connectivity index (χ0v) is 11.8. The molecular weight excluding hydrogens is 252 g/mol. The highest BCUT2D eigenvalue weighted by atomic mass is 16.5. The smallest absolute Gasteiger partial charge is 0.119 e. The van der Waals surface area contributed by atoms with E-state index in [1.165, 1.54) is 22.2 Å². The number of nitrogens with one attached hydrogen (secondary N) is 2. The number of hydrogen-bond donors (Lipinski definition) is 2. The molecule has 2 N–H and O–H groups in total. The molecular formula is C16H20N2O2. The van der Waals surface area contributed by atoms with Crippen molar-refractivity contribution in [1.29, 1.82) is 0 Å². The van der Waals surface area contributed by atoms with Gasteiger partial charge in [-0.3, -0.25) is 0 Å². The molecule has 1 saturated heterocycles. The van der Waals surface area contributed by atoms with Gasteiger partial charge in [-0.2, -0.15) is 0 Å². The van der Waals surface area contributed by atoms with Crippen LogP contribution in [0.25, 0.3) is 10.9 Å². The first-order valence-electron chi connectivity index (χ1n) is 7.34. The number of hydrogen-bond acceptors (Lipinski definition) is 3. The Morgan fingerprint density at radius 3 is 2.90 bits per heavy atom. The van der Waals surface area contributed by atoms with E-state index in [1.54, 1.807) is 7.11 Å². The molecule has 3 heterocycles. The highest BCUT2D eigenvalue weighted by Crippen LogP contribution is 2.40. The van der Waals surface area contributed by atoms with E-state index in [2.05, 4.69) is 22.4 Å². The van der Waals surface area contributed by atoms with Crippen molar-refractivity contribution in [3.63, 3.8) is 0 Å². The van der Waals surface area contributed by atoms with E-state index in [0.29, 0.717) is 0 Å². The summed E-state index contributed by atoms with van der Waals surface area (Å²) in [7, 11) is 1.72. The maximum Gasteiger partial charge on any atom is 0.119 e. The summed E-state index contributed by atoms with van der Waals surface area (Å²) in [4.78, 5) is 3.65. The molecule has 1 spiro atoms. The van der Waals surface area contributed by atoms with Crippen LogP contribution >= 0.6 is 0 Å². The molecule has 20 heavy (non-hydrogen) atoms. The van der Waals surface area contributed by atoms with Crippen molar-refractivity contribution in [2.45, 2.75) is 24.8 Å². The lowest BCUT2D eigenvalue weighted by molar-refractivity contribution is 0.0327. The first-order valence-corrected chi connectivity index (χ1v) is 7.34. The van der Waals surface area contributed by atoms with Gasteiger partial charge in [-0.05, 0) is 43.0 Å². The van der Waals surface area contributed by atoms with Crippen molar-refractivity contribution in [2.75, 3.05) is 26.9 Å². The number of ether oxygens (including phenoxy) is 2. The maximum absolute atomic E-state index is 5.55. The number of methoxy groups -OCH3 is 1. The van der Waals surface area contributed by atoms with E-state index >= 15 is 0 Å². The van der Waals surface area contributed by atoms with Crippen molar-refractivity contribution in [1.82, 2.24) is 10.3 Å². The van der Waals surface area contributed by atoms with Crippen LogP contribution < -0.4 is 10.1 Å². The quantitative estimate of drug-likeness (QED) is 0.837. The molecule has 2 aliphatic heterocycles. The molecule has 1 aromatic heterocycles. The molecule has 1 fully saturated rings. The zero-order chi connectivity index (χ0) is 13.6. The average Bonchev–Trinajstić information content (AvgIpc) is 2.88. The van der Waals surface area contributed by atoms with Gasteiger partial charge in [-0.25, -0.2) is 0 Å². The molecule has 0 radical (unpaired) electrons. The van der Waals surface area contributed by atoms with Gasteiger partial charge in [0.2, 0.25) is 0 Å². The standard InChI is InChI=1S/C16H20N2O2/c1-19-11-2-3-14-13(10-11)12-4-7-17-16(15(12)18-14)5-8-20-9-6-16/h2-3,10,17-18H,4-9H2,1H3. The summed E-state index contributed by atoms with van der Waals surface area (Å²) in [6.45, 7) is 2.72. The summed E-state index contributed by atoms with van der Waals surface area (Å²) < 4.78 is 10.9. The normalized spacial score (nSPS) is 21.1. The van der Waals surface area contributed by atoms with Gasteiger partial charge in [0.1, 0.15) is 5.75 Å². The third-order valence-corrected chi connectivity index (χ3v) is 4.78. The molecule has 4 rings (SSSR count). The molecule has 0 atom stereocenters. The Kier molecular flexibility index (Phi) is 2.75. The number of rotatable bonds is 1. The SMILES string of the molecule is COc1ccc2[nH]c3c(c2c1)CCNC31CCOCC1. The van der Waals surface area contributed by atoms with Gasteiger partial charge in [0.25, 0.3) is 0 Å². The lowest BCUT2D eigenvalue weighted by Gasteiger charge is -2.41. The van der Waals surface area contributed by atoms with Crippen molar-refractivity contribution in [2.24, 2.45) is 0 Å². The van der Waals surface area contributed by atoms with Crippen LogP contribution in [0.1, 0.15) is 24.1 Å². The Morgan fingerprint density at radius 1 is 1.25 bits per heavy atom. The molecule has 1 aromatic carbocycles. The Bertz CT molecular complexity index is 641. The minimum atomic E-state index is 0.0814. The van der Waals surface area contributed by atoms with E-state index in [4.69, 9.17) is 9.47 Å². The van der Waals surface area contributed by atoms with Gasteiger partial charge in [0, 0.05) is 36.4 Å². The predicted molar refractivity (Wildman–Crippen MR) is 78.3 cm³/mol. The van der Waals surface area contributed by atoms with Gasteiger partial charge in [0.15, 0.2) is 0 Å². The van der Waals surface area contributed by atoms with Gasteiger partial charge in [-0.15, -0.1) is 0 Å². The van der Waals surface area contributed by atoms with Crippen molar-refractivity contribution >= 4 is 10.9 Å². The Labute approximate surface area is 118 Å². The first-order chi connectivity index (χ1) is 9.82. The minimum absolute atomic E-state index is 0.0814. The monoisotopic (exact) mass is 272 g/mol. The van der Waals surface area contributed by atoms with E-state index < -0.39 is 0 Å². The van der Waals surface area contributed by atoms with Gasteiger partial charge in [0.05, 0.1) is 12.6 Å². The van der Waals surface area contributed by atoms with Crippen LogP contribution in [-0.4, -0.2) is 31.9 Å². The lowest BCUT2D eigenvalue weighted by atomic mass is 9.81. The fraction of sp³-hybridized carbons (Fsp3) is 0.500. The molecule has 0 saturated carbocycles. The van der Waals surface area contributed by atoms with Crippen LogP contribution in [0.15, 0.2) is 18.2 Å². The largest absolute Gasteiger partial charge is 0.497 e. The molecule has 2 aromatic rings. The van der Waals surface area contributed by atoms with E-state index in [1.807, 2.05) is 6.07 Å². The average molecular weight is 272 g/mol. The van der Waals surface area contributed by atoms with Crippen LogP contribution in [0.4, 0.5) is 0 Å². The second-order valence-electron chi connectivity index (χ2n) is 5.76. The van der Waals surface area contributed by atoms with E-state index in [-0.39, 0.29) is 5.54 Å². The number of fused-ring (bicyclic) bond motifs is 4. The summed E-state index contributed by atoms with van der Waals surface area (Å²) >= 11 is 0. The molecule has 0 aliphatic carbocycles. The molecule has 0 bridgehead atoms. The van der Waals surface area contributed by atoms with Gasteiger partial charge < -0.3 is 19.8 Å². The second-order valence-corrected chi connectivity index (χ2v) is 5.76. The minimum Gasteiger partial charge on any atom is -0.497 e. The Balaban J connectivity index is 1.90. The molecule has 4 heteroatoms. The van der Waals surface area contributed by atoms with Crippen LogP contribution in [-0.2, 0) is 16.7 Å². The van der Waals surface area contributed by atoms with Crippen LogP contribution in [0.2, 0.25) is 0 Å². The lowest BCUT2D eigenvalue weighted by Crippen LogP contribution is -2.50. The predicted octanol–water partition coefficient (Wildman–Crippen LogP) is 2.33. The fourth-order valence-electron chi connectivity index (χ4n) is 3.68. The Morgan fingerprint density at radius 2 is 2.10 bits per heavy atom. The molecule has 0 unspecified atom stereocenters. The number of aromatic amines is 1. The number of aromatic nitrogens is 1. The summed E-state index contributed by atoms with van der Waals surface area (Å²) in [6, 6.07) is 6.30. The Hall–Kier alpha value is -1.52. The first kappa shape index (κ1) is 12.2. The molecule has 2 aliphatic rings. The second kappa shape index (κ2) is 4.50. The van der Waals surface area contributed by atoms with Gasteiger partial charge in [-0.1, -0.05) is 0 Å². The van der Waals surface area contributed by atoms with Crippen LogP contribution in [0.5, 0.6) is 5.75 Å². The number of H-pyrrole nitrogens is 1. The topological polar surface area (TPSA) is 46.3 Å². The summed E-state index contributed by atoms with van der Waals surface area (Å²) in [5, 5.41) is 5.05. The van der Waals surface area contributed by atoms with Crippen molar-refractivity contribution in [3.8, 4) is 5.75 Å². The maximum atomic E-state index is 5.55. The van der Waals surface area contributed by atoms with E-state index in [9.17, 15) is 0 Å². The zero-order valence-electron chi connectivity index (χ0n) is 11.8. The van der Waals surface area contributed by atoms with E-state index in [0.717, 1.165) is 44.8 Å². The van der Waals surface area contributed by atoms with Crippen molar-refractivity contribution < 1.29 is 9.47 Å². The highest BCUT2D eigenvalue weighted by Gasteiger charge is 2.39. The molecule has 106 valence electrons. The number of benzene rings is 1. The van der Waals surface area contributed by atoms with Gasteiger partial charge >= 0.3 is 0 Å². The van der Waals surface area contributed by atoms with Crippen LogP contribution in [0, 0.1) is 0 Å². The van der Waals surface area contributed by atoms with Crippen LogP contribution in [0.3, 0.4) is 0 Å².